The van der Waals surface area contributed by atoms with Gasteiger partial charge in [-0.1, -0.05) is 0 Å². The first-order valence-electron chi connectivity index (χ1n) is 4.76. The van der Waals surface area contributed by atoms with E-state index < -0.39 is 5.97 Å². The van der Waals surface area contributed by atoms with E-state index in [9.17, 15) is 9.18 Å². The van der Waals surface area contributed by atoms with Gasteiger partial charge in [0.2, 0.25) is 0 Å². The zero-order chi connectivity index (χ0) is 12.1. The molecule has 0 heterocycles. The summed E-state index contributed by atoms with van der Waals surface area (Å²) in [6.45, 7) is 3.32. The van der Waals surface area contributed by atoms with Crippen molar-refractivity contribution in [3.05, 3.63) is 28.5 Å². The highest BCUT2D eigenvalue weighted by Gasteiger charge is 2.08. The van der Waals surface area contributed by atoms with E-state index in [1.54, 1.807) is 13.8 Å². The maximum absolute atomic E-state index is 12.7. The average molecular weight is 291 g/mol. The molecule has 1 rings (SSSR count). The quantitative estimate of drug-likeness (QED) is 0.800. The topological polar surface area (TPSA) is 35.5 Å². The van der Waals surface area contributed by atoms with Gasteiger partial charge in [-0.3, -0.25) is 0 Å². The average Bonchev–Trinajstić information content (AvgIpc) is 2.15. The fourth-order valence-electron chi connectivity index (χ4n) is 1.03. The van der Waals surface area contributed by atoms with Crippen LogP contribution < -0.4 is 4.74 Å². The molecule has 0 amide bonds. The summed E-state index contributed by atoms with van der Waals surface area (Å²) < 4.78 is 23.3. The van der Waals surface area contributed by atoms with Crippen LogP contribution in [0.15, 0.2) is 22.7 Å². The van der Waals surface area contributed by atoms with Crippen molar-refractivity contribution < 1.29 is 18.7 Å². The van der Waals surface area contributed by atoms with Crippen LogP contribution in [-0.2, 0) is 9.53 Å². The molecular weight excluding hydrogens is 279 g/mol. The van der Waals surface area contributed by atoms with Crippen molar-refractivity contribution in [3.63, 3.8) is 0 Å². The second kappa shape index (κ2) is 5.84. The molecule has 0 aliphatic rings. The van der Waals surface area contributed by atoms with Gasteiger partial charge in [0.1, 0.15) is 11.6 Å². The van der Waals surface area contributed by atoms with Crippen LogP contribution in [-0.4, -0.2) is 18.7 Å². The van der Waals surface area contributed by atoms with Crippen molar-refractivity contribution in [1.82, 2.24) is 0 Å². The molecule has 0 atom stereocenters. The summed E-state index contributed by atoms with van der Waals surface area (Å²) in [7, 11) is 0. The van der Waals surface area contributed by atoms with Crippen LogP contribution in [0.1, 0.15) is 13.8 Å². The predicted molar refractivity (Wildman–Crippen MR) is 60.8 cm³/mol. The van der Waals surface area contributed by atoms with Crippen LogP contribution >= 0.6 is 15.9 Å². The van der Waals surface area contributed by atoms with Gasteiger partial charge >= 0.3 is 5.97 Å². The highest BCUT2D eigenvalue weighted by molar-refractivity contribution is 9.10. The number of halogens is 2. The van der Waals surface area contributed by atoms with Crippen molar-refractivity contribution in [2.45, 2.75) is 20.0 Å². The Morgan fingerprint density at radius 3 is 2.75 bits per heavy atom. The van der Waals surface area contributed by atoms with Gasteiger partial charge < -0.3 is 9.47 Å². The van der Waals surface area contributed by atoms with Crippen LogP contribution in [0, 0.1) is 5.82 Å². The molecule has 1 aromatic carbocycles. The lowest BCUT2D eigenvalue weighted by Crippen LogP contribution is -2.18. The van der Waals surface area contributed by atoms with E-state index in [0.29, 0.717) is 10.2 Å². The Labute approximate surface area is 102 Å². The highest BCUT2D eigenvalue weighted by atomic mass is 79.9. The molecule has 0 aliphatic heterocycles. The number of hydrogen-bond acceptors (Lipinski definition) is 3. The molecule has 3 nitrogen and oxygen atoms in total. The third-order valence-electron chi connectivity index (χ3n) is 1.61. The zero-order valence-electron chi connectivity index (χ0n) is 9.00. The van der Waals surface area contributed by atoms with Crippen LogP contribution in [0.25, 0.3) is 0 Å². The lowest BCUT2D eigenvalue weighted by molar-refractivity contribution is -0.149. The molecule has 0 N–H and O–H groups in total. The largest absolute Gasteiger partial charge is 0.481 e. The zero-order valence-corrected chi connectivity index (χ0v) is 10.6. The minimum Gasteiger partial charge on any atom is -0.481 e. The molecule has 0 saturated heterocycles. The standard InChI is InChI=1S/C11H12BrFO3/c1-7(2)16-11(14)6-15-10-4-3-8(13)5-9(10)12/h3-5,7H,6H2,1-2H3. The van der Waals surface area contributed by atoms with E-state index >= 15 is 0 Å². The molecule has 0 saturated carbocycles. The number of esters is 1. The summed E-state index contributed by atoms with van der Waals surface area (Å²) in [5.41, 5.74) is 0. The molecule has 1 aromatic rings. The maximum atomic E-state index is 12.7. The van der Waals surface area contributed by atoms with Crippen molar-refractivity contribution in [2.24, 2.45) is 0 Å². The normalized spacial score (nSPS) is 10.3. The molecule has 0 unspecified atom stereocenters. The first-order chi connectivity index (χ1) is 7.49. The van der Waals surface area contributed by atoms with Gasteiger partial charge in [0.15, 0.2) is 6.61 Å². The monoisotopic (exact) mass is 290 g/mol. The van der Waals surface area contributed by atoms with Crippen LogP contribution in [0.5, 0.6) is 5.75 Å². The fraction of sp³-hybridized carbons (Fsp3) is 0.364. The summed E-state index contributed by atoms with van der Waals surface area (Å²) in [5, 5.41) is 0. The lowest BCUT2D eigenvalue weighted by atomic mass is 10.3. The molecule has 0 aliphatic carbocycles. The summed E-state index contributed by atoms with van der Waals surface area (Å²) in [5.74, 6) is -0.419. The second-order valence-electron chi connectivity index (χ2n) is 3.40. The maximum Gasteiger partial charge on any atom is 0.344 e. The summed E-state index contributed by atoms with van der Waals surface area (Å²) in [6.07, 6.45) is -0.173. The third-order valence-corrected chi connectivity index (χ3v) is 2.23. The van der Waals surface area contributed by atoms with E-state index in [1.807, 2.05) is 0 Å². The molecule has 88 valence electrons. The molecule has 16 heavy (non-hydrogen) atoms. The molecule has 0 spiro atoms. The van der Waals surface area contributed by atoms with E-state index in [2.05, 4.69) is 15.9 Å². The van der Waals surface area contributed by atoms with Crippen molar-refractivity contribution in [2.75, 3.05) is 6.61 Å². The third kappa shape index (κ3) is 4.18. The van der Waals surface area contributed by atoms with Gasteiger partial charge in [0.25, 0.3) is 0 Å². The van der Waals surface area contributed by atoms with E-state index in [1.165, 1.54) is 18.2 Å². The first kappa shape index (κ1) is 13.0. The molecule has 0 fully saturated rings. The minimum absolute atomic E-state index is 0.173. The van der Waals surface area contributed by atoms with Gasteiger partial charge in [0, 0.05) is 0 Å². The summed E-state index contributed by atoms with van der Waals surface area (Å²) in [6, 6.07) is 3.97. The van der Waals surface area contributed by atoms with Gasteiger partial charge in [-0.15, -0.1) is 0 Å². The van der Waals surface area contributed by atoms with E-state index in [4.69, 9.17) is 9.47 Å². The smallest absolute Gasteiger partial charge is 0.344 e. The Kier molecular flexibility index (Phi) is 4.73. The number of carbonyl (C=O) groups excluding carboxylic acids is 1. The number of carbonyl (C=O) groups is 1. The van der Waals surface area contributed by atoms with Gasteiger partial charge in [-0.2, -0.15) is 0 Å². The highest BCUT2D eigenvalue weighted by Crippen LogP contribution is 2.25. The van der Waals surface area contributed by atoms with Crippen molar-refractivity contribution in [3.8, 4) is 5.75 Å². The van der Waals surface area contributed by atoms with Crippen LogP contribution in [0.4, 0.5) is 4.39 Å². The number of hydrogen-bond donors (Lipinski definition) is 0. The Bertz CT molecular complexity index is 379. The Morgan fingerprint density at radius 1 is 1.50 bits per heavy atom. The Hall–Kier alpha value is -1.10. The summed E-state index contributed by atoms with van der Waals surface area (Å²) in [4.78, 5) is 11.2. The van der Waals surface area contributed by atoms with Gasteiger partial charge in [0.05, 0.1) is 10.6 Å². The Balaban J connectivity index is 2.51. The number of rotatable bonds is 4. The summed E-state index contributed by atoms with van der Waals surface area (Å²) >= 11 is 3.13. The van der Waals surface area contributed by atoms with Crippen molar-refractivity contribution in [1.29, 1.82) is 0 Å². The number of ether oxygens (including phenoxy) is 2. The molecular formula is C11H12BrFO3. The fourth-order valence-corrected chi connectivity index (χ4v) is 1.49. The van der Waals surface area contributed by atoms with Gasteiger partial charge in [-0.25, -0.2) is 9.18 Å². The van der Waals surface area contributed by atoms with Crippen molar-refractivity contribution >= 4 is 21.9 Å². The van der Waals surface area contributed by atoms with Gasteiger partial charge in [-0.05, 0) is 48.0 Å². The minimum atomic E-state index is -0.453. The molecule has 5 heteroatoms. The first-order valence-corrected chi connectivity index (χ1v) is 5.55. The van der Waals surface area contributed by atoms with E-state index in [-0.39, 0.29) is 18.5 Å². The Morgan fingerprint density at radius 2 is 2.19 bits per heavy atom. The van der Waals surface area contributed by atoms with Crippen LogP contribution in [0.3, 0.4) is 0 Å². The molecule has 0 bridgehead atoms. The number of benzene rings is 1. The second-order valence-corrected chi connectivity index (χ2v) is 4.26. The van der Waals surface area contributed by atoms with Crippen LogP contribution in [0.2, 0.25) is 0 Å². The lowest BCUT2D eigenvalue weighted by Gasteiger charge is -2.10. The molecule has 0 radical (unpaired) electrons. The van der Waals surface area contributed by atoms with E-state index in [0.717, 1.165) is 0 Å². The predicted octanol–water partition coefficient (Wildman–Crippen LogP) is 2.92. The molecule has 0 aromatic heterocycles. The SMILES string of the molecule is CC(C)OC(=O)COc1ccc(F)cc1Br.